The first-order valence-corrected chi connectivity index (χ1v) is 7.55. The molecule has 0 bridgehead atoms. The molecule has 0 aliphatic carbocycles. The van der Waals surface area contributed by atoms with Gasteiger partial charge in [0.2, 0.25) is 0 Å². The van der Waals surface area contributed by atoms with Gasteiger partial charge in [-0.2, -0.15) is 0 Å². The molecule has 1 aromatic rings. The number of carbonyl (C=O) groups excluding carboxylic acids is 1. The van der Waals surface area contributed by atoms with E-state index in [1.54, 1.807) is 4.90 Å². The van der Waals surface area contributed by atoms with E-state index in [0.717, 1.165) is 18.9 Å². The highest BCUT2D eigenvalue weighted by atomic mass is 16.5. The van der Waals surface area contributed by atoms with E-state index >= 15 is 0 Å². The Hall–Kier alpha value is -1.69. The van der Waals surface area contributed by atoms with Gasteiger partial charge in [-0.15, -0.1) is 0 Å². The number of nitrogens with zero attached hydrogens (tertiary/aromatic N) is 4. The van der Waals surface area contributed by atoms with Crippen LogP contribution in [-0.2, 0) is 4.74 Å². The van der Waals surface area contributed by atoms with E-state index in [-0.39, 0.29) is 11.4 Å². The number of amides is 1. The van der Waals surface area contributed by atoms with Crippen LogP contribution in [0.5, 0.6) is 0 Å². The third kappa shape index (κ3) is 2.85. The molecule has 21 heavy (non-hydrogen) atoms. The van der Waals surface area contributed by atoms with Crippen molar-refractivity contribution in [3.05, 3.63) is 18.1 Å². The van der Waals surface area contributed by atoms with Crippen LogP contribution < -0.4 is 4.90 Å². The summed E-state index contributed by atoms with van der Waals surface area (Å²) in [5.41, 5.74) is 0.164. The molecule has 2 fully saturated rings. The van der Waals surface area contributed by atoms with Crippen molar-refractivity contribution < 1.29 is 9.53 Å². The minimum Gasteiger partial charge on any atom is -0.359 e. The molecule has 0 saturated carbocycles. The van der Waals surface area contributed by atoms with Crippen LogP contribution in [0.4, 0.5) is 5.82 Å². The van der Waals surface area contributed by atoms with Crippen molar-refractivity contribution in [2.75, 3.05) is 31.3 Å². The average Bonchev–Trinajstić information content (AvgIpc) is 2.87. The summed E-state index contributed by atoms with van der Waals surface area (Å²) in [6.45, 7) is 6.90. The summed E-state index contributed by atoms with van der Waals surface area (Å²) in [5.74, 6) is 0.768. The Morgan fingerprint density at radius 2 is 2.00 bits per heavy atom. The Morgan fingerprint density at radius 3 is 2.67 bits per heavy atom. The van der Waals surface area contributed by atoms with Gasteiger partial charge in [0.25, 0.3) is 5.91 Å². The third-order valence-electron chi connectivity index (χ3n) is 4.20. The van der Waals surface area contributed by atoms with Gasteiger partial charge in [-0.25, -0.2) is 9.97 Å². The summed E-state index contributed by atoms with van der Waals surface area (Å²) in [7, 11) is 0. The first-order chi connectivity index (χ1) is 10.1. The van der Waals surface area contributed by atoms with Crippen molar-refractivity contribution in [2.24, 2.45) is 0 Å². The van der Waals surface area contributed by atoms with Crippen molar-refractivity contribution in [1.82, 2.24) is 14.9 Å². The van der Waals surface area contributed by atoms with E-state index in [9.17, 15) is 4.79 Å². The summed E-state index contributed by atoms with van der Waals surface area (Å²) in [6.07, 6.45) is 5.12. The summed E-state index contributed by atoms with van der Waals surface area (Å²) >= 11 is 0. The van der Waals surface area contributed by atoms with Crippen LogP contribution in [0.2, 0.25) is 0 Å². The summed E-state index contributed by atoms with van der Waals surface area (Å²) in [6, 6.07) is 1.81. The highest BCUT2D eigenvalue weighted by molar-refractivity contribution is 5.93. The summed E-state index contributed by atoms with van der Waals surface area (Å²) in [5, 5.41) is 0. The van der Waals surface area contributed by atoms with Crippen molar-refractivity contribution in [1.29, 1.82) is 0 Å². The highest BCUT2D eigenvalue weighted by Gasteiger charge is 2.37. The lowest BCUT2D eigenvalue weighted by Gasteiger charge is -2.30. The van der Waals surface area contributed by atoms with Crippen molar-refractivity contribution in [3.63, 3.8) is 0 Å². The Labute approximate surface area is 125 Å². The lowest BCUT2D eigenvalue weighted by molar-refractivity contribution is 0.0599. The number of anilines is 1. The fourth-order valence-corrected chi connectivity index (χ4v) is 2.87. The minimum absolute atomic E-state index is 0.0850. The number of aromatic nitrogens is 2. The molecule has 1 aromatic heterocycles. The fraction of sp³-hybridized carbons (Fsp3) is 0.667. The second-order valence-corrected chi connectivity index (χ2v) is 6.33. The fourth-order valence-electron chi connectivity index (χ4n) is 2.87. The van der Waals surface area contributed by atoms with Crippen LogP contribution in [-0.4, -0.2) is 52.7 Å². The van der Waals surface area contributed by atoms with Gasteiger partial charge in [-0.05, 0) is 33.1 Å². The van der Waals surface area contributed by atoms with Crippen LogP contribution >= 0.6 is 0 Å². The Kier molecular flexibility index (Phi) is 3.80. The molecule has 0 unspecified atom stereocenters. The zero-order valence-corrected chi connectivity index (χ0v) is 12.7. The predicted molar refractivity (Wildman–Crippen MR) is 79.2 cm³/mol. The molecule has 2 saturated heterocycles. The Morgan fingerprint density at radius 1 is 1.24 bits per heavy atom. The molecule has 2 aliphatic heterocycles. The number of hydrogen-bond donors (Lipinski definition) is 0. The molecule has 114 valence electrons. The number of rotatable bonds is 2. The second kappa shape index (κ2) is 5.60. The van der Waals surface area contributed by atoms with Gasteiger partial charge in [0.05, 0.1) is 12.1 Å². The molecule has 0 spiro atoms. The molecular formula is C15H22N4O2. The lowest BCUT2D eigenvalue weighted by atomic mass is 10.1. The molecule has 3 heterocycles. The number of ether oxygens (including phenoxy) is 1. The second-order valence-electron chi connectivity index (χ2n) is 6.33. The van der Waals surface area contributed by atoms with Crippen molar-refractivity contribution in [3.8, 4) is 0 Å². The normalized spacial score (nSPS) is 21.6. The van der Waals surface area contributed by atoms with E-state index < -0.39 is 0 Å². The first kappa shape index (κ1) is 14.3. The molecule has 0 radical (unpaired) electrons. The molecule has 2 aliphatic rings. The summed E-state index contributed by atoms with van der Waals surface area (Å²) in [4.78, 5) is 25.1. The molecule has 0 aromatic carbocycles. The largest absolute Gasteiger partial charge is 0.359 e. The molecule has 6 nitrogen and oxygen atoms in total. The van der Waals surface area contributed by atoms with E-state index in [1.807, 2.05) is 19.9 Å². The van der Waals surface area contributed by atoms with Crippen LogP contribution in [0.3, 0.4) is 0 Å². The van der Waals surface area contributed by atoms with Crippen molar-refractivity contribution >= 4 is 11.7 Å². The van der Waals surface area contributed by atoms with Crippen LogP contribution in [0.25, 0.3) is 0 Å². The van der Waals surface area contributed by atoms with Gasteiger partial charge in [-0.1, -0.05) is 0 Å². The van der Waals surface area contributed by atoms with Crippen molar-refractivity contribution in [2.45, 2.75) is 38.6 Å². The van der Waals surface area contributed by atoms with Gasteiger partial charge < -0.3 is 14.5 Å². The Balaban J connectivity index is 1.80. The molecule has 0 N–H and O–H groups in total. The molecule has 3 rings (SSSR count). The van der Waals surface area contributed by atoms with E-state index in [4.69, 9.17) is 4.74 Å². The highest BCUT2D eigenvalue weighted by Crippen LogP contribution is 2.24. The zero-order chi connectivity index (χ0) is 14.9. The minimum atomic E-state index is -0.284. The number of carbonyl (C=O) groups is 1. The average molecular weight is 290 g/mol. The molecule has 0 atom stereocenters. The standard InChI is InChI=1S/C15H22N4O2/c1-15(2)9-21-11-19(15)14(20)12-8-13(17-10-16-12)18-6-4-3-5-7-18/h8,10H,3-7,9,11H2,1-2H3. The predicted octanol–water partition coefficient (Wildman–Crippen LogP) is 1.68. The molecule has 1 amide bonds. The van der Waals surface area contributed by atoms with E-state index in [2.05, 4.69) is 14.9 Å². The van der Waals surface area contributed by atoms with Gasteiger partial charge in [0.15, 0.2) is 0 Å². The van der Waals surface area contributed by atoms with Crippen LogP contribution in [0, 0.1) is 0 Å². The first-order valence-electron chi connectivity index (χ1n) is 7.55. The lowest BCUT2D eigenvalue weighted by Crippen LogP contribution is -2.44. The van der Waals surface area contributed by atoms with E-state index in [1.165, 1.54) is 25.6 Å². The summed E-state index contributed by atoms with van der Waals surface area (Å²) < 4.78 is 5.41. The zero-order valence-electron chi connectivity index (χ0n) is 12.7. The van der Waals surface area contributed by atoms with Gasteiger partial charge in [0, 0.05) is 19.2 Å². The van der Waals surface area contributed by atoms with Crippen LogP contribution in [0.1, 0.15) is 43.6 Å². The molecule has 6 heteroatoms. The monoisotopic (exact) mass is 290 g/mol. The third-order valence-corrected chi connectivity index (χ3v) is 4.20. The maximum atomic E-state index is 12.6. The van der Waals surface area contributed by atoms with Gasteiger partial charge in [-0.3, -0.25) is 4.79 Å². The topological polar surface area (TPSA) is 58.6 Å². The SMILES string of the molecule is CC1(C)COCN1C(=O)c1cc(N2CCCCC2)ncn1. The maximum absolute atomic E-state index is 12.6. The number of hydrogen-bond acceptors (Lipinski definition) is 5. The van der Waals surface area contributed by atoms with E-state index in [0.29, 0.717) is 19.0 Å². The molecular weight excluding hydrogens is 268 g/mol. The maximum Gasteiger partial charge on any atom is 0.275 e. The van der Waals surface area contributed by atoms with Gasteiger partial charge >= 0.3 is 0 Å². The number of piperidine rings is 1. The smallest absolute Gasteiger partial charge is 0.275 e. The Bertz CT molecular complexity index is 526. The quantitative estimate of drug-likeness (QED) is 0.829. The van der Waals surface area contributed by atoms with Crippen LogP contribution in [0.15, 0.2) is 12.4 Å². The van der Waals surface area contributed by atoms with Gasteiger partial charge in [0.1, 0.15) is 24.6 Å².